The van der Waals surface area contributed by atoms with Gasteiger partial charge in [-0.2, -0.15) is 13.2 Å². The Morgan fingerprint density at radius 2 is 1.65 bits per heavy atom. The maximum absolute atomic E-state index is 12.7. The third-order valence-electron chi connectivity index (χ3n) is 5.98. The fraction of sp³-hybridized carbons (Fsp3) is 0.500. The van der Waals surface area contributed by atoms with E-state index >= 15 is 0 Å². The Bertz CT molecular complexity index is 814. The zero-order chi connectivity index (χ0) is 22.5. The van der Waals surface area contributed by atoms with Gasteiger partial charge in [-0.15, -0.1) is 0 Å². The van der Waals surface area contributed by atoms with Gasteiger partial charge in [-0.25, -0.2) is 0 Å². The number of ether oxygens (including phenoxy) is 1. The van der Waals surface area contributed by atoms with Gasteiger partial charge < -0.3 is 14.7 Å². The van der Waals surface area contributed by atoms with Gasteiger partial charge in [0.1, 0.15) is 5.75 Å². The average molecular weight is 437 g/mol. The van der Waals surface area contributed by atoms with E-state index in [0.717, 1.165) is 48.8 Å². The number of hydrogen-bond acceptors (Lipinski definition) is 4. The van der Waals surface area contributed by atoms with Crippen molar-refractivity contribution in [1.29, 1.82) is 0 Å². The number of halogens is 3. The summed E-state index contributed by atoms with van der Waals surface area (Å²) in [6, 6.07) is 13.3. The van der Waals surface area contributed by atoms with Gasteiger partial charge in [-0.05, 0) is 68.1 Å². The SMILES string of the molecule is CCOc1ccc(N(C)CCC2(O)CCN(Cc3ccc(C(F)(F)F)cc3)CC2)cc1. The largest absolute Gasteiger partial charge is 0.494 e. The molecule has 1 heterocycles. The fourth-order valence-corrected chi connectivity index (χ4v) is 3.90. The summed E-state index contributed by atoms with van der Waals surface area (Å²) in [5.41, 5.74) is 0.595. The molecular formula is C24H31F3N2O2. The molecule has 0 aromatic heterocycles. The number of likely N-dealkylation sites (tertiary alicyclic amines) is 1. The van der Waals surface area contributed by atoms with Gasteiger partial charge in [-0.1, -0.05) is 12.1 Å². The smallest absolute Gasteiger partial charge is 0.416 e. The van der Waals surface area contributed by atoms with Gasteiger partial charge in [-0.3, -0.25) is 4.90 Å². The standard InChI is InChI=1S/C24H31F3N2O2/c1-3-31-22-10-8-21(9-11-22)28(2)15-12-23(30)13-16-29(17-14-23)18-19-4-6-20(7-5-19)24(25,26)27/h4-11,30H,3,12-18H2,1-2H3. The van der Waals surface area contributed by atoms with Crippen LogP contribution < -0.4 is 9.64 Å². The molecule has 2 aromatic rings. The minimum atomic E-state index is -4.31. The Kier molecular flexibility index (Phi) is 7.49. The Morgan fingerprint density at radius 1 is 1.03 bits per heavy atom. The normalized spacial score (nSPS) is 16.8. The van der Waals surface area contributed by atoms with Crippen molar-refractivity contribution in [1.82, 2.24) is 4.90 Å². The van der Waals surface area contributed by atoms with E-state index in [0.29, 0.717) is 32.4 Å². The summed E-state index contributed by atoms with van der Waals surface area (Å²) in [4.78, 5) is 4.31. The highest BCUT2D eigenvalue weighted by Gasteiger charge is 2.33. The van der Waals surface area contributed by atoms with Crippen molar-refractivity contribution in [3.63, 3.8) is 0 Å². The van der Waals surface area contributed by atoms with Crippen LogP contribution in [0.5, 0.6) is 5.75 Å². The molecule has 31 heavy (non-hydrogen) atoms. The number of aliphatic hydroxyl groups is 1. The number of benzene rings is 2. The maximum Gasteiger partial charge on any atom is 0.416 e. The highest BCUT2D eigenvalue weighted by molar-refractivity contribution is 5.48. The lowest BCUT2D eigenvalue weighted by Crippen LogP contribution is -2.45. The number of hydrogen-bond donors (Lipinski definition) is 1. The summed E-state index contributed by atoms with van der Waals surface area (Å²) < 4.78 is 43.6. The van der Waals surface area contributed by atoms with Gasteiger partial charge in [0, 0.05) is 38.9 Å². The molecule has 170 valence electrons. The highest BCUT2D eigenvalue weighted by atomic mass is 19.4. The Balaban J connectivity index is 1.45. The average Bonchev–Trinajstić information content (AvgIpc) is 2.74. The minimum Gasteiger partial charge on any atom is -0.494 e. The van der Waals surface area contributed by atoms with Crippen molar-refractivity contribution in [3.8, 4) is 5.75 Å². The van der Waals surface area contributed by atoms with Crippen molar-refractivity contribution in [2.45, 2.75) is 44.5 Å². The van der Waals surface area contributed by atoms with E-state index in [1.54, 1.807) is 0 Å². The molecule has 1 fully saturated rings. The Labute approximate surface area is 182 Å². The third kappa shape index (κ3) is 6.61. The maximum atomic E-state index is 12.7. The molecule has 0 spiro atoms. The van der Waals surface area contributed by atoms with E-state index in [2.05, 4.69) is 9.80 Å². The first kappa shape index (κ1) is 23.4. The molecule has 2 aromatic carbocycles. The summed E-state index contributed by atoms with van der Waals surface area (Å²) >= 11 is 0. The van der Waals surface area contributed by atoms with E-state index in [1.807, 2.05) is 38.2 Å². The second-order valence-electron chi connectivity index (χ2n) is 8.29. The second kappa shape index (κ2) is 9.92. The number of piperidine rings is 1. The molecule has 1 aliphatic rings. The van der Waals surface area contributed by atoms with Crippen LogP contribution in [0.25, 0.3) is 0 Å². The van der Waals surface area contributed by atoms with Crippen molar-refractivity contribution in [2.24, 2.45) is 0 Å². The third-order valence-corrected chi connectivity index (χ3v) is 5.98. The van der Waals surface area contributed by atoms with Crippen molar-refractivity contribution in [3.05, 3.63) is 59.7 Å². The minimum absolute atomic E-state index is 0.598. The Morgan fingerprint density at radius 3 is 2.19 bits per heavy atom. The lowest BCUT2D eigenvalue weighted by molar-refractivity contribution is -0.137. The number of nitrogens with zero attached hydrogens (tertiary/aromatic N) is 2. The van der Waals surface area contributed by atoms with Crippen LogP contribution in [-0.4, -0.2) is 48.9 Å². The van der Waals surface area contributed by atoms with E-state index in [-0.39, 0.29) is 0 Å². The van der Waals surface area contributed by atoms with Crippen LogP contribution in [0, 0.1) is 0 Å². The van der Waals surface area contributed by atoms with E-state index in [4.69, 9.17) is 4.74 Å². The molecule has 0 aliphatic carbocycles. The summed E-state index contributed by atoms with van der Waals surface area (Å²) in [5.74, 6) is 0.846. The molecule has 0 saturated carbocycles. The molecule has 1 N–H and O–H groups in total. The molecule has 0 amide bonds. The summed E-state index contributed by atoms with van der Waals surface area (Å²) in [7, 11) is 2.01. The molecule has 0 radical (unpaired) electrons. The molecule has 7 heteroatoms. The summed E-state index contributed by atoms with van der Waals surface area (Å²) in [5, 5.41) is 11.0. The topological polar surface area (TPSA) is 35.9 Å². The zero-order valence-electron chi connectivity index (χ0n) is 18.2. The first-order chi connectivity index (χ1) is 14.7. The molecule has 1 aliphatic heterocycles. The lowest BCUT2D eigenvalue weighted by atomic mass is 9.88. The summed E-state index contributed by atoms with van der Waals surface area (Å²) in [6.45, 7) is 5.38. The van der Waals surface area contributed by atoms with E-state index in [1.165, 1.54) is 12.1 Å². The number of rotatable bonds is 8. The number of alkyl halides is 3. The lowest BCUT2D eigenvalue weighted by Gasteiger charge is -2.39. The Hall–Kier alpha value is -2.25. The van der Waals surface area contributed by atoms with Crippen LogP contribution in [0.4, 0.5) is 18.9 Å². The number of anilines is 1. The predicted octanol–water partition coefficient (Wildman–Crippen LogP) is 4.96. The fourth-order valence-electron chi connectivity index (χ4n) is 3.90. The van der Waals surface area contributed by atoms with Gasteiger partial charge in [0.2, 0.25) is 0 Å². The van der Waals surface area contributed by atoms with Crippen LogP contribution in [0.1, 0.15) is 37.3 Å². The highest BCUT2D eigenvalue weighted by Crippen LogP contribution is 2.30. The zero-order valence-corrected chi connectivity index (χ0v) is 18.2. The van der Waals surface area contributed by atoms with Crippen molar-refractivity contribution in [2.75, 3.05) is 38.2 Å². The predicted molar refractivity (Wildman–Crippen MR) is 116 cm³/mol. The molecule has 1 saturated heterocycles. The molecule has 3 rings (SSSR count). The van der Waals surface area contributed by atoms with Crippen LogP contribution in [0.15, 0.2) is 48.5 Å². The van der Waals surface area contributed by atoms with Crippen LogP contribution in [0.2, 0.25) is 0 Å². The quantitative estimate of drug-likeness (QED) is 0.635. The first-order valence-corrected chi connectivity index (χ1v) is 10.7. The van der Waals surface area contributed by atoms with Crippen LogP contribution in [0.3, 0.4) is 0 Å². The van der Waals surface area contributed by atoms with Gasteiger partial charge in [0.25, 0.3) is 0 Å². The van der Waals surface area contributed by atoms with E-state index < -0.39 is 17.3 Å². The van der Waals surface area contributed by atoms with Gasteiger partial charge in [0.05, 0.1) is 17.8 Å². The molecular weight excluding hydrogens is 405 g/mol. The molecule has 0 atom stereocenters. The van der Waals surface area contributed by atoms with Gasteiger partial charge >= 0.3 is 6.18 Å². The molecule has 0 unspecified atom stereocenters. The van der Waals surface area contributed by atoms with Gasteiger partial charge in [0.15, 0.2) is 0 Å². The van der Waals surface area contributed by atoms with E-state index in [9.17, 15) is 18.3 Å². The van der Waals surface area contributed by atoms with Crippen molar-refractivity contribution >= 4 is 5.69 Å². The monoisotopic (exact) mass is 436 g/mol. The van der Waals surface area contributed by atoms with Crippen molar-refractivity contribution < 1.29 is 23.0 Å². The first-order valence-electron chi connectivity index (χ1n) is 10.7. The molecule has 4 nitrogen and oxygen atoms in total. The molecule has 0 bridgehead atoms. The van der Waals surface area contributed by atoms with Crippen LogP contribution in [-0.2, 0) is 12.7 Å². The second-order valence-corrected chi connectivity index (χ2v) is 8.29. The van der Waals surface area contributed by atoms with Crippen LogP contribution >= 0.6 is 0 Å². The summed E-state index contributed by atoms with van der Waals surface area (Å²) in [6.07, 6.45) is -2.32.